The Labute approximate surface area is 145 Å². The van der Waals surface area contributed by atoms with Crippen molar-refractivity contribution in [3.8, 4) is 0 Å². The Balaban J connectivity index is 1.71. The molecule has 0 bridgehead atoms. The first-order valence-corrected chi connectivity index (χ1v) is 8.49. The molecule has 5 nitrogen and oxygen atoms in total. The highest BCUT2D eigenvalue weighted by Crippen LogP contribution is 2.17. The molecule has 1 aliphatic carbocycles. The largest absolute Gasteiger partial charge is 0.340 e. The summed E-state index contributed by atoms with van der Waals surface area (Å²) in [5.74, 6) is -0.152. The first-order chi connectivity index (χ1) is 11.5. The van der Waals surface area contributed by atoms with Gasteiger partial charge >= 0.3 is 0 Å². The maximum Gasteiger partial charge on any atom is 0.267 e. The Hall–Kier alpha value is -2.14. The van der Waals surface area contributed by atoms with Gasteiger partial charge in [-0.3, -0.25) is 9.59 Å². The summed E-state index contributed by atoms with van der Waals surface area (Å²) >= 11 is 5.97. The Morgan fingerprint density at radius 1 is 1.29 bits per heavy atom. The predicted octanol–water partition coefficient (Wildman–Crippen LogP) is 2.43. The molecule has 0 N–H and O–H groups in total. The minimum absolute atomic E-state index is 0.0385. The van der Waals surface area contributed by atoms with Crippen LogP contribution in [0.1, 0.15) is 29.7 Å². The van der Waals surface area contributed by atoms with Crippen LogP contribution < -0.4 is 5.56 Å². The Morgan fingerprint density at radius 3 is 2.88 bits per heavy atom. The van der Waals surface area contributed by atoms with Crippen LogP contribution in [0.25, 0.3) is 0 Å². The predicted molar refractivity (Wildman–Crippen MR) is 93.1 cm³/mol. The van der Waals surface area contributed by atoms with Crippen LogP contribution in [0.5, 0.6) is 0 Å². The van der Waals surface area contributed by atoms with Gasteiger partial charge in [-0.1, -0.05) is 23.7 Å². The zero-order valence-electron chi connectivity index (χ0n) is 13.7. The highest BCUT2D eigenvalue weighted by atomic mass is 35.5. The van der Waals surface area contributed by atoms with Gasteiger partial charge in [0, 0.05) is 24.7 Å². The third-order valence-corrected chi connectivity index (χ3v) is 4.53. The average Bonchev–Trinajstić information content (AvgIpc) is 2.55. The SMILES string of the molecule is CN(Cc1cccc(Cl)c1)C(=O)Cn1nc2c(cc1=O)CCCC2. The number of aromatic nitrogens is 2. The molecule has 0 spiro atoms. The lowest BCUT2D eigenvalue weighted by molar-refractivity contribution is -0.131. The number of halogens is 1. The van der Waals surface area contributed by atoms with Crippen molar-refractivity contribution in [3.05, 3.63) is 62.5 Å². The lowest BCUT2D eigenvalue weighted by Gasteiger charge is -2.19. The summed E-state index contributed by atoms with van der Waals surface area (Å²) in [4.78, 5) is 26.2. The van der Waals surface area contributed by atoms with E-state index in [4.69, 9.17) is 11.6 Å². The maximum atomic E-state index is 12.4. The monoisotopic (exact) mass is 345 g/mol. The molecule has 1 amide bonds. The molecule has 0 aliphatic heterocycles. The van der Waals surface area contributed by atoms with Gasteiger partial charge in [0.1, 0.15) is 6.54 Å². The van der Waals surface area contributed by atoms with Gasteiger partial charge in [-0.15, -0.1) is 0 Å². The van der Waals surface area contributed by atoms with Gasteiger partial charge in [-0.25, -0.2) is 4.68 Å². The third-order valence-electron chi connectivity index (χ3n) is 4.29. The molecule has 0 radical (unpaired) electrons. The fraction of sp³-hybridized carbons (Fsp3) is 0.389. The van der Waals surface area contributed by atoms with Crippen molar-refractivity contribution in [2.75, 3.05) is 7.05 Å². The van der Waals surface area contributed by atoms with Crippen LogP contribution in [0, 0.1) is 0 Å². The molecule has 0 saturated heterocycles. The van der Waals surface area contributed by atoms with Gasteiger partial charge < -0.3 is 4.90 Å². The summed E-state index contributed by atoms with van der Waals surface area (Å²) in [6.45, 7) is 0.405. The molecule has 1 aromatic carbocycles. The van der Waals surface area contributed by atoms with E-state index in [1.165, 1.54) is 4.68 Å². The number of carbonyl (C=O) groups excluding carboxylic acids is 1. The first-order valence-electron chi connectivity index (χ1n) is 8.11. The van der Waals surface area contributed by atoms with Gasteiger partial charge in [0.25, 0.3) is 5.56 Å². The van der Waals surface area contributed by atoms with Crippen molar-refractivity contribution < 1.29 is 4.79 Å². The number of likely N-dealkylation sites (N-methyl/N-ethyl adjacent to an activating group) is 1. The van der Waals surface area contributed by atoms with Crippen LogP contribution in [-0.4, -0.2) is 27.6 Å². The van der Waals surface area contributed by atoms with Crippen molar-refractivity contribution in [2.24, 2.45) is 0 Å². The van der Waals surface area contributed by atoms with E-state index in [1.54, 1.807) is 24.1 Å². The van der Waals surface area contributed by atoms with Crippen molar-refractivity contribution in [3.63, 3.8) is 0 Å². The summed E-state index contributed by atoms with van der Waals surface area (Å²) < 4.78 is 1.28. The van der Waals surface area contributed by atoms with E-state index in [2.05, 4.69) is 5.10 Å². The maximum absolute atomic E-state index is 12.4. The van der Waals surface area contributed by atoms with Crippen LogP contribution in [0.2, 0.25) is 5.02 Å². The van der Waals surface area contributed by atoms with E-state index in [-0.39, 0.29) is 18.0 Å². The van der Waals surface area contributed by atoms with Crippen molar-refractivity contribution in [1.29, 1.82) is 0 Å². The van der Waals surface area contributed by atoms with E-state index >= 15 is 0 Å². The normalized spacial score (nSPS) is 13.4. The summed E-state index contributed by atoms with van der Waals surface area (Å²) in [6, 6.07) is 9.02. The summed E-state index contributed by atoms with van der Waals surface area (Å²) in [6.07, 6.45) is 3.96. The topological polar surface area (TPSA) is 55.2 Å². The highest BCUT2D eigenvalue weighted by Gasteiger charge is 2.16. The molecular weight excluding hydrogens is 326 g/mol. The first kappa shape index (κ1) is 16.7. The fourth-order valence-electron chi connectivity index (χ4n) is 2.96. The highest BCUT2D eigenvalue weighted by molar-refractivity contribution is 6.30. The van der Waals surface area contributed by atoms with Crippen molar-refractivity contribution in [1.82, 2.24) is 14.7 Å². The van der Waals surface area contributed by atoms with Crippen LogP contribution in [0.3, 0.4) is 0 Å². The molecule has 1 heterocycles. The number of rotatable bonds is 4. The van der Waals surface area contributed by atoms with E-state index in [1.807, 2.05) is 18.2 Å². The third kappa shape index (κ3) is 3.85. The number of aryl methyl sites for hydroxylation is 2. The molecule has 3 rings (SSSR count). The Morgan fingerprint density at radius 2 is 2.08 bits per heavy atom. The zero-order valence-corrected chi connectivity index (χ0v) is 14.4. The molecular formula is C18H20ClN3O2. The standard InChI is InChI=1S/C18H20ClN3O2/c1-21(11-13-5-4-7-15(19)9-13)18(24)12-22-17(23)10-14-6-2-3-8-16(14)20-22/h4-5,7,9-10H,2-3,6,8,11-12H2,1H3. The number of fused-ring (bicyclic) bond motifs is 1. The molecule has 0 fully saturated rings. The molecule has 2 aromatic rings. The van der Waals surface area contributed by atoms with Crippen LogP contribution in [-0.2, 0) is 30.7 Å². The van der Waals surface area contributed by atoms with Gasteiger partial charge in [0.15, 0.2) is 0 Å². The lowest BCUT2D eigenvalue weighted by Crippen LogP contribution is -2.35. The molecule has 0 unspecified atom stereocenters. The lowest BCUT2D eigenvalue weighted by atomic mass is 9.97. The van der Waals surface area contributed by atoms with E-state index in [0.29, 0.717) is 11.6 Å². The smallest absolute Gasteiger partial charge is 0.267 e. The number of amides is 1. The number of hydrogen-bond donors (Lipinski definition) is 0. The number of nitrogens with zero attached hydrogens (tertiary/aromatic N) is 3. The van der Waals surface area contributed by atoms with Gasteiger partial charge in [0.05, 0.1) is 5.69 Å². The van der Waals surface area contributed by atoms with Crippen molar-refractivity contribution in [2.45, 2.75) is 38.8 Å². The second-order valence-corrected chi connectivity index (χ2v) is 6.64. The van der Waals surface area contributed by atoms with Gasteiger partial charge in [-0.2, -0.15) is 5.10 Å². The molecule has 0 saturated carbocycles. The molecule has 126 valence electrons. The van der Waals surface area contributed by atoms with Crippen molar-refractivity contribution >= 4 is 17.5 Å². The Bertz CT molecular complexity index is 816. The number of hydrogen-bond acceptors (Lipinski definition) is 3. The number of benzene rings is 1. The minimum atomic E-state index is -0.208. The van der Waals surface area contributed by atoms with E-state index < -0.39 is 0 Å². The summed E-state index contributed by atoms with van der Waals surface area (Å²) in [5.41, 5.74) is 2.72. The fourth-order valence-corrected chi connectivity index (χ4v) is 3.17. The summed E-state index contributed by atoms with van der Waals surface area (Å²) in [5, 5.41) is 5.03. The van der Waals surface area contributed by atoms with Crippen LogP contribution >= 0.6 is 11.6 Å². The zero-order chi connectivity index (χ0) is 17.1. The van der Waals surface area contributed by atoms with E-state index in [0.717, 1.165) is 42.5 Å². The summed E-state index contributed by atoms with van der Waals surface area (Å²) in [7, 11) is 1.71. The average molecular weight is 346 g/mol. The second-order valence-electron chi connectivity index (χ2n) is 6.20. The molecule has 6 heteroatoms. The van der Waals surface area contributed by atoms with Gasteiger partial charge in [-0.05, 0) is 48.9 Å². The minimum Gasteiger partial charge on any atom is -0.340 e. The quantitative estimate of drug-likeness (QED) is 0.855. The second kappa shape index (κ2) is 7.18. The van der Waals surface area contributed by atoms with Crippen LogP contribution in [0.4, 0.5) is 0 Å². The molecule has 0 atom stereocenters. The van der Waals surface area contributed by atoms with E-state index in [9.17, 15) is 9.59 Å². The molecule has 24 heavy (non-hydrogen) atoms. The molecule has 1 aromatic heterocycles. The number of carbonyl (C=O) groups is 1. The van der Waals surface area contributed by atoms with Gasteiger partial charge in [0.2, 0.25) is 5.91 Å². The van der Waals surface area contributed by atoms with Crippen LogP contribution in [0.15, 0.2) is 35.1 Å². The molecule has 1 aliphatic rings. The Kier molecular flexibility index (Phi) is 5.00.